The van der Waals surface area contributed by atoms with Gasteiger partial charge in [-0.1, -0.05) is 0 Å². The molecule has 16 heteroatoms. The molecule has 0 saturated heterocycles. The molecule has 180 valence electrons. The number of hydrogen-bond acceptors (Lipinski definition) is 9. The minimum absolute atomic E-state index is 0.303. The van der Waals surface area contributed by atoms with E-state index >= 15 is 0 Å². The second-order valence-electron chi connectivity index (χ2n) is 6.51. The number of nitrogens with two attached hydrogens (primary N) is 2. The van der Waals surface area contributed by atoms with Gasteiger partial charge in [0, 0.05) is 12.2 Å². The Balaban J connectivity index is 5.51. The van der Waals surface area contributed by atoms with Crippen LogP contribution >= 0.6 is 12.6 Å². The van der Waals surface area contributed by atoms with Gasteiger partial charge in [-0.25, -0.2) is 4.79 Å². The number of nitrogens with one attached hydrogen (secondary N) is 3. The summed E-state index contributed by atoms with van der Waals surface area (Å²) in [5.41, 5.74) is 10.4. The van der Waals surface area contributed by atoms with Gasteiger partial charge in [0.05, 0.1) is 18.9 Å². The maximum absolute atomic E-state index is 12.6. The van der Waals surface area contributed by atoms with Crippen LogP contribution < -0.4 is 27.4 Å². The van der Waals surface area contributed by atoms with Crippen LogP contribution in [0, 0.1) is 0 Å². The highest BCUT2D eigenvalue weighted by atomic mass is 32.1. The monoisotopic (exact) mass is 479 g/mol. The van der Waals surface area contributed by atoms with Gasteiger partial charge in [-0.2, -0.15) is 12.6 Å². The molecule has 0 heterocycles. The highest BCUT2D eigenvalue weighted by Gasteiger charge is 2.31. The van der Waals surface area contributed by atoms with E-state index in [1.54, 1.807) is 0 Å². The number of carboxylic acid groups (broad SMARTS) is 3. The molecule has 15 nitrogen and oxygen atoms in total. The van der Waals surface area contributed by atoms with Gasteiger partial charge in [0.1, 0.15) is 18.1 Å². The number of hydrogen-bond donors (Lipinski definition) is 9. The minimum atomic E-state index is -1.67. The van der Waals surface area contributed by atoms with Crippen molar-refractivity contribution in [1.29, 1.82) is 0 Å². The Bertz CT molecular complexity index is 761. The molecule has 0 aliphatic carbocycles. The molecule has 0 radical (unpaired) electrons. The average molecular weight is 479 g/mol. The third-order valence-electron chi connectivity index (χ3n) is 3.85. The zero-order chi connectivity index (χ0) is 25.0. The molecule has 0 rings (SSSR count). The smallest absolute Gasteiger partial charge is 0.327 e. The number of carbonyl (C=O) groups excluding carboxylic acids is 4. The molecular formula is C16H25N5O10S. The van der Waals surface area contributed by atoms with Crippen molar-refractivity contribution in [3.05, 3.63) is 0 Å². The van der Waals surface area contributed by atoms with E-state index in [1.165, 1.54) is 0 Å². The molecule has 0 aromatic carbocycles. The van der Waals surface area contributed by atoms with Crippen molar-refractivity contribution < 1.29 is 48.9 Å². The Hall–Kier alpha value is -3.40. The quantitative estimate of drug-likeness (QED) is 0.102. The number of carboxylic acids is 3. The van der Waals surface area contributed by atoms with Crippen molar-refractivity contribution in [2.24, 2.45) is 11.5 Å². The number of primary amides is 1. The molecule has 10 N–H and O–H groups in total. The summed E-state index contributed by atoms with van der Waals surface area (Å²) in [6.07, 6.45) is -2.57. The topological polar surface area (TPSA) is 268 Å². The summed E-state index contributed by atoms with van der Waals surface area (Å²) in [5, 5.41) is 32.8. The van der Waals surface area contributed by atoms with E-state index in [0.717, 1.165) is 0 Å². The number of carbonyl (C=O) groups is 7. The lowest BCUT2D eigenvalue weighted by atomic mass is 10.1. The lowest BCUT2D eigenvalue weighted by Gasteiger charge is -2.24. The van der Waals surface area contributed by atoms with Gasteiger partial charge in [-0.15, -0.1) is 0 Å². The lowest BCUT2D eigenvalue weighted by Crippen LogP contribution is -2.58. The first-order chi connectivity index (χ1) is 14.8. The van der Waals surface area contributed by atoms with Gasteiger partial charge in [-0.05, 0) is 6.42 Å². The Labute approximate surface area is 186 Å². The Morgan fingerprint density at radius 3 is 1.69 bits per heavy atom. The molecular weight excluding hydrogens is 454 g/mol. The fourth-order valence-electron chi connectivity index (χ4n) is 2.24. The third-order valence-corrected chi connectivity index (χ3v) is 4.21. The number of rotatable bonds is 15. The van der Waals surface area contributed by atoms with Crippen molar-refractivity contribution in [1.82, 2.24) is 16.0 Å². The first kappa shape index (κ1) is 28.6. The van der Waals surface area contributed by atoms with Gasteiger partial charge in [-0.3, -0.25) is 28.8 Å². The summed E-state index contributed by atoms with van der Waals surface area (Å²) < 4.78 is 0. The molecule has 0 spiro atoms. The van der Waals surface area contributed by atoms with Gasteiger partial charge in [0.25, 0.3) is 0 Å². The van der Waals surface area contributed by atoms with Crippen LogP contribution in [0.25, 0.3) is 0 Å². The van der Waals surface area contributed by atoms with E-state index < -0.39 is 91.4 Å². The maximum Gasteiger partial charge on any atom is 0.327 e. The average Bonchev–Trinajstić information content (AvgIpc) is 2.66. The molecule has 0 aromatic rings. The van der Waals surface area contributed by atoms with E-state index in [0.29, 0.717) is 0 Å². The number of aliphatic carboxylic acids is 3. The van der Waals surface area contributed by atoms with Crippen LogP contribution in [0.15, 0.2) is 0 Å². The predicted octanol–water partition coefficient (Wildman–Crippen LogP) is -4.00. The second kappa shape index (κ2) is 13.8. The molecule has 0 fully saturated rings. The standard InChI is InChI=1S/C16H25N5O10S/c17-6(3-12(25)26)13(27)20-8(4-10(18)22)15(29)19-7(1-2-11(23)24)14(28)21-9(5-32)16(30)31/h6-9,32H,1-5,17H2,(H2,18,22)(H,19,29)(H,20,27)(H,21,28)(H,23,24)(H,25,26)(H,30,31). The highest BCUT2D eigenvalue weighted by molar-refractivity contribution is 7.80. The normalized spacial score (nSPS) is 14.2. The summed E-state index contributed by atoms with van der Waals surface area (Å²) in [4.78, 5) is 80.8. The van der Waals surface area contributed by atoms with Crippen LogP contribution in [-0.2, 0) is 33.6 Å². The van der Waals surface area contributed by atoms with E-state index in [4.69, 9.17) is 26.8 Å². The van der Waals surface area contributed by atoms with Crippen LogP contribution in [0.1, 0.15) is 25.7 Å². The Morgan fingerprint density at radius 2 is 1.25 bits per heavy atom. The maximum atomic E-state index is 12.6. The summed E-state index contributed by atoms with van der Waals surface area (Å²) >= 11 is 3.77. The fraction of sp³-hybridized carbons (Fsp3) is 0.562. The predicted molar refractivity (Wildman–Crippen MR) is 108 cm³/mol. The number of thiol groups is 1. The molecule has 0 bridgehead atoms. The van der Waals surface area contributed by atoms with Gasteiger partial charge < -0.3 is 42.7 Å². The molecule has 0 aliphatic rings. The van der Waals surface area contributed by atoms with Crippen molar-refractivity contribution in [3.8, 4) is 0 Å². The second-order valence-corrected chi connectivity index (χ2v) is 6.88. The fourth-order valence-corrected chi connectivity index (χ4v) is 2.48. The Morgan fingerprint density at radius 1 is 0.750 bits per heavy atom. The Kier molecular flexibility index (Phi) is 12.3. The van der Waals surface area contributed by atoms with Gasteiger partial charge >= 0.3 is 17.9 Å². The molecule has 4 unspecified atom stereocenters. The van der Waals surface area contributed by atoms with Crippen molar-refractivity contribution in [2.75, 3.05) is 5.75 Å². The molecule has 0 aromatic heterocycles. The first-order valence-electron chi connectivity index (χ1n) is 9.00. The van der Waals surface area contributed by atoms with Crippen molar-refractivity contribution >= 4 is 54.2 Å². The van der Waals surface area contributed by atoms with Crippen LogP contribution in [0.3, 0.4) is 0 Å². The van der Waals surface area contributed by atoms with E-state index in [-0.39, 0.29) is 5.75 Å². The summed E-state index contributed by atoms with van der Waals surface area (Å²) in [7, 11) is 0. The molecule has 32 heavy (non-hydrogen) atoms. The van der Waals surface area contributed by atoms with Crippen LogP contribution in [0.4, 0.5) is 0 Å². The summed E-state index contributed by atoms with van der Waals surface area (Å²) in [5.74, 6) is -8.76. The van der Waals surface area contributed by atoms with Gasteiger partial charge in [0.15, 0.2) is 0 Å². The van der Waals surface area contributed by atoms with E-state index in [1.807, 2.05) is 5.32 Å². The summed E-state index contributed by atoms with van der Waals surface area (Å²) in [6.45, 7) is 0. The van der Waals surface area contributed by atoms with Crippen molar-refractivity contribution in [2.45, 2.75) is 49.9 Å². The van der Waals surface area contributed by atoms with Gasteiger partial charge in [0.2, 0.25) is 23.6 Å². The highest BCUT2D eigenvalue weighted by Crippen LogP contribution is 2.03. The zero-order valence-corrected chi connectivity index (χ0v) is 17.5. The number of amides is 4. The lowest BCUT2D eigenvalue weighted by molar-refractivity contribution is -0.142. The molecule has 0 aliphatic heterocycles. The van der Waals surface area contributed by atoms with E-state index in [2.05, 4.69) is 23.3 Å². The first-order valence-corrected chi connectivity index (χ1v) is 9.63. The van der Waals surface area contributed by atoms with E-state index in [9.17, 15) is 33.6 Å². The largest absolute Gasteiger partial charge is 0.481 e. The minimum Gasteiger partial charge on any atom is -0.481 e. The summed E-state index contributed by atoms with van der Waals surface area (Å²) in [6, 6.07) is -6.22. The van der Waals surface area contributed by atoms with Crippen LogP contribution in [-0.4, -0.2) is 86.8 Å². The third kappa shape index (κ3) is 11.1. The van der Waals surface area contributed by atoms with Crippen LogP contribution in [0.5, 0.6) is 0 Å². The van der Waals surface area contributed by atoms with Crippen LogP contribution in [0.2, 0.25) is 0 Å². The zero-order valence-electron chi connectivity index (χ0n) is 16.6. The molecule has 0 saturated carbocycles. The van der Waals surface area contributed by atoms with Crippen molar-refractivity contribution in [3.63, 3.8) is 0 Å². The SMILES string of the molecule is NC(=O)CC(NC(=O)C(N)CC(=O)O)C(=O)NC(CCC(=O)O)C(=O)NC(CS)C(=O)O. The molecule has 4 atom stereocenters. The molecule has 4 amide bonds.